The van der Waals surface area contributed by atoms with Crippen molar-refractivity contribution in [3.05, 3.63) is 17.5 Å². The van der Waals surface area contributed by atoms with Gasteiger partial charge in [0.1, 0.15) is 5.69 Å². The molecule has 0 aromatic carbocycles. The fourth-order valence-electron chi connectivity index (χ4n) is 3.08. The molecule has 104 valence electrons. The summed E-state index contributed by atoms with van der Waals surface area (Å²) in [7, 11) is 0. The maximum absolute atomic E-state index is 12.1. The lowest BCUT2D eigenvalue weighted by atomic mass is 10.0. The molecule has 0 radical (unpaired) electrons. The molecule has 1 aliphatic carbocycles. The summed E-state index contributed by atoms with van der Waals surface area (Å²) in [6, 6.07) is 2.57. The van der Waals surface area contributed by atoms with Crippen LogP contribution in [0.4, 0.5) is 0 Å². The van der Waals surface area contributed by atoms with Crippen LogP contribution >= 0.6 is 0 Å². The van der Waals surface area contributed by atoms with Gasteiger partial charge in [0.05, 0.1) is 5.69 Å². The molecule has 1 amide bonds. The molecule has 3 N–H and O–H groups in total. The van der Waals surface area contributed by atoms with Gasteiger partial charge in [-0.25, -0.2) is 0 Å². The van der Waals surface area contributed by atoms with E-state index in [1.54, 1.807) is 0 Å². The average Bonchev–Trinajstić information content (AvgIpc) is 3.10. The van der Waals surface area contributed by atoms with E-state index in [1.165, 1.54) is 25.7 Å². The molecular weight excluding hydrogens is 240 g/mol. The zero-order valence-corrected chi connectivity index (χ0v) is 11.2. The number of rotatable bonds is 3. The van der Waals surface area contributed by atoms with Crippen LogP contribution in [0.2, 0.25) is 0 Å². The Hall–Kier alpha value is -1.36. The molecule has 0 unspecified atom stereocenters. The number of aromatic nitrogens is 2. The van der Waals surface area contributed by atoms with Crippen LogP contribution < -0.4 is 10.6 Å². The highest BCUT2D eigenvalue weighted by molar-refractivity contribution is 5.92. The van der Waals surface area contributed by atoms with E-state index in [9.17, 15) is 4.79 Å². The minimum Gasteiger partial charge on any atom is -0.348 e. The standard InChI is InChI=1S/C14H22N4O/c19-14(16-10-5-1-2-6-10)13-9-12(17-18-13)11-7-3-4-8-15-11/h9-11,15H,1-8H2,(H,16,19)(H,17,18)/t11-/m0/s1. The molecular formula is C14H22N4O. The Morgan fingerprint density at radius 1 is 1.21 bits per heavy atom. The molecule has 1 saturated heterocycles. The van der Waals surface area contributed by atoms with Crippen LogP contribution in [0.25, 0.3) is 0 Å². The van der Waals surface area contributed by atoms with Crippen LogP contribution in [-0.2, 0) is 0 Å². The van der Waals surface area contributed by atoms with E-state index in [2.05, 4.69) is 20.8 Å². The topological polar surface area (TPSA) is 69.8 Å². The van der Waals surface area contributed by atoms with E-state index in [1.807, 2.05) is 6.07 Å². The van der Waals surface area contributed by atoms with Gasteiger partial charge in [-0.05, 0) is 38.3 Å². The Labute approximate surface area is 113 Å². The monoisotopic (exact) mass is 262 g/mol. The van der Waals surface area contributed by atoms with Crippen molar-refractivity contribution < 1.29 is 4.79 Å². The summed E-state index contributed by atoms with van der Waals surface area (Å²) in [5.41, 5.74) is 1.56. The minimum absolute atomic E-state index is 0.0368. The van der Waals surface area contributed by atoms with Crippen molar-refractivity contribution in [3.8, 4) is 0 Å². The Morgan fingerprint density at radius 3 is 2.74 bits per heavy atom. The third-order valence-electron chi connectivity index (χ3n) is 4.21. The number of hydrogen-bond acceptors (Lipinski definition) is 3. The van der Waals surface area contributed by atoms with Crippen molar-refractivity contribution in [2.75, 3.05) is 6.54 Å². The molecule has 2 heterocycles. The fraction of sp³-hybridized carbons (Fsp3) is 0.714. The van der Waals surface area contributed by atoms with Crippen LogP contribution in [0.1, 0.15) is 67.2 Å². The van der Waals surface area contributed by atoms with Crippen LogP contribution in [0.15, 0.2) is 6.07 Å². The maximum atomic E-state index is 12.1. The van der Waals surface area contributed by atoms with Gasteiger partial charge in [-0.15, -0.1) is 0 Å². The Kier molecular flexibility index (Phi) is 3.82. The highest BCUT2D eigenvalue weighted by atomic mass is 16.2. The number of aromatic amines is 1. The zero-order valence-electron chi connectivity index (χ0n) is 11.2. The number of carbonyl (C=O) groups excluding carboxylic acids is 1. The van der Waals surface area contributed by atoms with Crippen LogP contribution in [0, 0.1) is 0 Å². The zero-order chi connectivity index (χ0) is 13.1. The predicted octanol–water partition coefficient (Wildman–Crippen LogP) is 1.90. The summed E-state index contributed by atoms with van der Waals surface area (Å²) < 4.78 is 0. The molecule has 1 aromatic heterocycles. The molecule has 2 fully saturated rings. The van der Waals surface area contributed by atoms with E-state index >= 15 is 0 Å². The summed E-state index contributed by atoms with van der Waals surface area (Å²) >= 11 is 0. The third-order valence-corrected chi connectivity index (χ3v) is 4.21. The van der Waals surface area contributed by atoms with Crippen molar-refractivity contribution in [2.24, 2.45) is 0 Å². The first kappa shape index (κ1) is 12.7. The highest BCUT2D eigenvalue weighted by Gasteiger charge is 2.22. The van der Waals surface area contributed by atoms with E-state index in [-0.39, 0.29) is 5.91 Å². The van der Waals surface area contributed by atoms with E-state index in [0.717, 1.165) is 31.5 Å². The first-order chi connectivity index (χ1) is 9.33. The van der Waals surface area contributed by atoms with Gasteiger partial charge < -0.3 is 10.6 Å². The SMILES string of the molecule is O=C(NC1CCCC1)c1cc([C@@H]2CCCCN2)[nH]n1. The van der Waals surface area contributed by atoms with Crippen molar-refractivity contribution in [2.45, 2.75) is 57.0 Å². The third kappa shape index (κ3) is 2.97. The predicted molar refractivity (Wildman–Crippen MR) is 72.9 cm³/mol. The van der Waals surface area contributed by atoms with E-state index in [0.29, 0.717) is 17.8 Å². The van der Waals surface area contributed by atoms with Gasteiger partial charge in [-0.1, -0.05) is 19.3 Å². The number of carbonyl (C=O) groups is 1. The van der Waals surface area contributed by atoms with Gasteiger partial charge >= 0.3 is 0 Å². The van der Waals surface area contributed by atoms with Gasteiger partial charge in [0.25, 0.3) is 5.91 Å². The van der Waals surface area contributed by atoms with Gasteiger partial charge in [0, 0.05) is 12.1 Å². The average molecular weight is 262 g/mol. The largest absolute Gasteiger partial charge is 0.348 e. The molecule has 1 atom stereocenters. The number of hydrogen-bond donors (Lipinski definition) is 3. The highest BCUT2D eigenvalue weighted by Crippen LogP contribution is 2.22. The molecule has 5 heteroatoms. The first-order valence-corrected chi connectivity index (χ1v) is 7.42. The number of nitrogens with one attached hydrogen (secondary N) is 3. The first-order valence-electron chi connectivity index (χ1n) is 7.42. The molecule has 1 saturated carbocycles. The summed E-state index contributed by atoms with van der Waals surface area (Å²) in [4.78, 5) is 12.1. The summed E-state index contributed by atoms with van der Waals surface area (Å²) in [6.07, 6.45) is 8.25. The van der Waals surface area contributed by atoms with E-state index < -0.39 is 0 Å². The molecule has 3 rings (SSSR count). The summed E-state index contributed by atoms with van der Waals surface area (Å²) in [5, 5.41) is 13.7. The van der Waals surface area contributed by atoms with Gasteiger partial charge in [-0.2, -0.15) is 5.10 Å². The quantitative estimate of drug-likeness (QED) is 0.779. The van der Waals surface area contributed by atoms with Crippen molar-refractivity contribution in [1.29, 1.82) is 0 Å². The lowest BCUT2D eigenvalue weighted by molar-refractivity contribution is 0.0933. The molecule has 1 aromatic rings. The van der Waals surface area contributed by atoms with Crippen LogP contribution in [0.3, 0.4) is 0 Å². The maximum Gasteiger partial charge on any atom is 0.271 e. The lowest BCUT2D eigenvalue weighted by Gasteiger charge is -2.21. The summed E-state index contributed by atoms with van der Waals surface area (Å²) in [5.74, 6) is -0.0368. The fourth-order valence-corrected chi connectivity index (χ4v) is 3.08. The smallest absolute Gasteiger partial charge is 0.271 e. The van der Waals surface area contributed by atoms with E-state index in [4.69, 9.17) is 0 Å². The van der Waals surface area contributed by atoms with Crippen molar-refractivity contribution >= 4 is 5.91 Å². The molecule has 19 heavy (non-hydrogen) atoms. The molecule has 1 aliphatic heterocycles. The minimum atomic E-state index is -0.0368. The number of piperidine rings is 1. The molecule has 0 spiro atoms. The second-order valence-electron chi connectivity index (χ2n) is 5.67. The van der Waals surface area contributed by atoms with Gasteiger partial charge in [-0.3, -0.25) is 9.89 Å². The van der Waals surface area contributed by atoms with Gasteiger partial charge in [0.15, 0.2) is 0 Å². The Morgan fingerprint density at radius 2 is 2.00 bits per heavy atom. The lowest BCUT2D eigenvalue weighted by Crippen LogP contribution is -2.32. The van der Waals surface area contributed by atoms with Gasteiger partial charge in [0.2, 0.25) is 0 Å². The second kappa shape index (κ2) is 5.74. The van der Waals surface area contributed by atoms with Crippen molar-refractivity contribution in [3.63, 3.8) is 0 Å². The molecule has 0 bridgehead atoms. The molecule has 5 nitrogen and oxygen atoms in total. The number of amides is 1. The number of H-pyrrole nitrogens is 1. The Bertz CT molecular complexity index is 430. The Balaban J connectivity index is 1.61. The molecule has 2 aliphatic rings. The second-order valence-corrected chi connectivity index (χ2v) is 5.67. The van der Waals surface area contributed by atoms with Crippen LogP contribution in [0.5, 0.6) is 0 Å². The number of nitrogens with zero attached hydrogens (tertiary/aromatic N) is 1. The van der Waals surface area contributed by atoms with Crippen molar-refractivity contribution in [1.82, 2.24) is 20.8 Å². The van der Waals surface area contributed by atoms with Crippen LogP contribution in [-0.4, -0.2) is 28.7 Å². The normalized spacial score (nSPS) is 24.5. The summed E-state index contributed by atoms with van der Waals surface area (Å²) in [6.45, 7) is 1.05.